The molecule has 1 unspecified atom stereocenters. The minimum atomic E-state index is -0.884. The van der Waals surface area contributed by atoms with Gasteiger partial charge in [0.25, 0.3) is 5.91 Å². The summed E-state index contributed by atoms with van der Waals surface area (Å²) in [7, 11) is 3.00. The van der Waals surface area contributed by atoms with Gasteiger partial charge in [-0.3, -0.25) is 4.79 Å². The zero-order valence-electron chi connectivity index (χ0n) is 11.7. The second-order valence-corrected chi connectivity index (χ2v) is 4.87. The number of carbonyl (C=O) groups excluding carboxylic acids is 1. The SMILES string of the molecule is COc1cccc(OC)c1C(=O)NCC1(O)CCNC1. The maximum Gasteiger partial charge on any atom is 0.258 e. The summed E-state index contributed by atoms with van der Waals surface area (Å²) in [6.45, 7) is 1.43. The van der Waals surface area contributed by atoms with Crippen LogP contribution in [0.3, 0.4) is 0 Å². The van der Waals surface area contributed by atoms with Gasteiger partial charge in [0.05, 0.1) is 19.8 Å². The number of aliphatic hydroxyl groups is 1. The third-order valence-corrected chi connectivity index (χ3v) is 3.45. The molecular formula is C14H20N2O4. The minimum absolute atomic E-state index is 0.194. The van der Waals surface area contributed by atoms with E-state index < -0.39 is 5.60 Å². The molecule has 0 saturated carbocycles. The number of benzene rings is 1. The highest BCUT2D eigenvalue weighted by atomic mass is 16.5. The van der Waals surface area contributed by atoms with Gasteiger partial charge in [-0.15, -0.1) is 0 Å². The molecule has 0 radical (unpaired) electrons. The van der Waals surface area contributed by atoms with Gasteiger partial charge in [0, 0.05) is 13.1 Å². The number of rotatable bonds is 5. The average Bonchev–Trinajstić information content (AvgIpc) is 2.91. The van der Waals surface area contributed by atoms with E-state index in [4.69, 9.17) is 9.47 Å². The van der Waals surface area contributed by atoms with Crippen LogP contribution < -0.4 is 20.1 Å². The lowest BCUT2D eigenvalue weighted by atomic mass is 10.0. The molecule has 1 aromatic rings. The highest BCUT2D eigenvalue weighted by molar-refractivity contribution is 5.99. The summed E-state index contributed by atoms with van der Waals surface area (Å²) in [5, 5.41) is 16.0. The predicted octanol–water partition coefficient (Wildman–Crippen LogP) is 0.158. The molecule has 3 N–H and O–H groups in total. The van der Waals surface area contributed by atoms with Crippen LogP contribution in [0.4, 0.5) is 0 Å². The van der Waals surface area contributed by atoms with Crippen LogP contribution in [0.15, 0.2) is 18.2 Å². The lowest BCUT2D eigenvalue weighted by molar-refractivity contribution is 0.0560. The van der Waals surface area contributed by atoms with Gasteiger partial charge < -0.3 is 25.2 Å². The Morgan fingerprint density at radius 2 is 2.05 bits per heavy atom. The van der Waals surface area contributed by atoms with E-state index in [2.05, 4.69) is 10.6 Å². The Labute approximate surface area is 118 Å². The van der Waals surface area contributed by atoms with E-state index in [0.29, 0.717) is 30.0 Å². The van der Waals surface area contributed by atoms with Crippen molar-refractivity contribution >= 4 is 5.91 Å². The van der Waals surface area contributed by atoms with Gasteiger partial charge in [-0.05, 0) is 25.1 Å². The smallest absolute Gasteiger partial charge is 0.258 e. The first-order valence-corrected chi connectivity index (χ1v) is 6.52. The lowest BCUT2D eigenvalue weighted by Crippen LogP contribution is -2.44. The quantitative estimate of drug-likeness (QED) is 0.716. The Morgan fingerprint density at radius 3 is 2.55 bits per heavy atom. The molecule has 1 aliphatic rings. The van der Waals surface area contributed by atoms with Gasteiger partial charge in [-0.1, -0.05) is 6.07 Å². The van der Waals surface area contributed by atoms with Crippen molar-refractivity contribution in [2.45, 2.75) is 12.0 Å². The highest BCUT2D eigenvalue weighted by Gasteiger charge is 2.32. The molecular weight excluding hydrogens is 260 g/mol. The largest absolute Gasteiger partial charge is 0.496 e. The van der Waals surface area contributed by atoms with Crippen molar-refractivity contribution in [3.63, 3.8) is 0 Å². The second-order valence-electron chi connectivity index (χ2n) is 4.87. The van der Waals surface area contributed by atoms with Crippen molar-refractivity contribution in [1.82, 2.24) is 10.6 Å². The molecule has 6 heteroatoms. The molecule has 0 aromatic heterocycles. The molecule has 0 aliphatic carbocycles. The Morgan fingerprint density at radius 1 is 1.40 bits per heavy atom. The van der Waals surface area contributed by atoms with E-state index >= 15 is 0 Å². The maximum atomic E-state index is 12.3. The fourth-order valence-corrected chi connectivity index (χ4v) is 2.29. The number of nitrogens with one attached hydrogen (secondary N) is 2. The van der Waals surface area contributed by atoms with Crippen molar-refractivity contribution in [3.05, 3.63) is 23.8 Å². The Balaban J connectivity index is 2.12. The zero-order chi connectivity index (χ0) is 14.6. The van der Waals surface area contributed by atoms with Crippen molar-refractivity contribution in [1.29, 1.82) is 0 Å². The van der Waals surface area contributed by atoms with E-state index in [1.54, 1.807) is 18.2 Å². The summed E-state index contributed by atoms with van der Waals surface area (Å²) in [6, 6.07) is 5.15. The van der Waals surface area contributed by atoms with Crippen LogP contribution in [0.25, 0.3) is 0 Å². The summed E-state index contributed by atoms with van der Waals surface area (Å²) >= 11 is 0. The van der Waals surface area contributed by atoms with Gasteiger partial charge in [-0.2, -0.15) is 0 Å². The molecule has 110 valence electrons. The van der Waals surface area contributed by atoms with Crippen molar-refractivity contribution in [2.24, 2.45) is 0 Å². The highest BCUT2D eigenvalue weighted by Crippen LogP contribution is 2.28. The Kier molecular flexibility index (Phi) is 4.46. The summed E-state index contributed by atoms with van der Waals surface area (Å²) in [4.78, 5) is 12.3. The van der Waals surface area contributed by atoms with Crippen LogP contribution in [0.1, 0.15) is 16.8 Å². The summed E-state index contributed by atoms with van der Waals surface area (Å²) in [5.41, 5.74) is -0.544. The molecule has 1 aromatic carbocycles. The number of ether oxygens (including phenoxy) is 2. The second kappa shape index (κ2) is 6.11. The van der Waals surface area contributed by atoms with Crippen molar-refractivity contribution < 1.29 is 19.4 Å². The molecule has 20 heavy (non-hydrogen) atoms. The summed E-state index contributed by atoms with van der Waals surface area (Å²) in [6.07, 6.45) is 0.621. The normalized spacial score (nSPS) is 21.6. The molecule has 1 fully saturated rings. The van der Waals surface area contributed by atoms with Crippen LogP contribution in [0.2, 0.25) is 0 Å². The van der Waals surface area contributed by atoms with Crippen LogP contribution in [0, 0.1) is 0 Å². The standard InChI is InChI=1S/C14H20N2O4/c1-19-10-4-3-5-11(20-2)12(10)13(17)16-9-14(18)6-7-15-8-14/h3-5,15,18H,6-9H2,1-2H3,(H,16,17). The third kappa shape index (κ3) is 3.02. The molecule has 1 amide bonds. The number of hydrogen-bond acceptors (Lipinski definition) is 5. The van der Waals surface area contributed by atoms with E-state index in [0.717, 1.165) is 6.54 Å². The molecule has 0 bridgehead atoms. The number of amides is 1. The monoisotopic (exact) mass is 280 g/mol. The van der Waals surface area contributed by atoms with Gasteiger partial charge in [0.1, 0.15) is 17.1 Å². The topological polar surface area (TPSA) is 79.8 Å². The Bertz CT molecular complexity index is 462. The first kappa shape index (κ1) is 14.6. The fourth-order valence-electron chi connectivity index (χ4n) is 2.29. The van der Waals surface area contributed by atoms with Gasteiger partial charge in [0.2, 0.25) is 0 Å². The predicted molar refractivity (Wildman–Crippen MR) is 74.3 cm³/mol. The number of β-amino-alcohol motifs (C(OH)–C–C–N with tert-alkyl or cyclic N) is 1. The van der Waals surface area contributed by atoms with Crippen molar-refractivity contribution in [3.8, 4) is 11.5 Å². The molecule has 1 atom stereocenters. The molecule has 2 rings (SSSR count). The maximum absolute atomic E-state index is 12.3. The van der Waals surface area contributed by atoms with E-state index in [9.17, 15) is 9.90 Å². The van der Waals surface area contributed by atoms with E-state index in [-0.39, 0.29) is 12.5 Å². The molecule has 1 saturated heterocycles. The number of hydrogen-bond donors (Lipinski definition) is 3. The number of carbonyl (C=O) groups is 1. The average molecular weight is 280 g/mol. The number of methoxy groups -OCH3 is 2. The van der Waals surface area contributed by atoms with E-state index in [1.807, 2.05) is 0 Å². The molecule has 0 spiro atoms. The van der Waals surface area contributed by atoms with Crippen LogP contribution in [0.5, 0.6) is 11.5 Å². The first-order chi connectivity index (χ1) is 9.59. The van der Waals surface area contributed by atoms with Gasteiger partial charge in [-0.25, -0.2) is 0 Å². The minimum Gasteiger partial charge on any atom is -0.496 e. The van der Waals surface area contributed by atoms with Crippen LogP contribution >= 0.6 is 0 Å². The third-order valence-electron chi connectivity index (χ3n) is 3.45. The van der Waals surface area contributed by atoms with E-state index in [1.165, 1.54) is 14.2 Å². The Hall–Kier alpha value is -1.79. The first-order valence-electron chi connectivity index (χ1n) is 6.52. The fraction of sp³-hybridized carbons (Fsp3) is 0.500. The van der Waals surface area contributed by atoms with Crippen LogP contribution in [-0.4, -0.2) is 50.5 Å². The zero-order valence-corrected chi connectivity index (χ0v) is 11.7. The van der Waals surface area contributed by atoms with Crippen LogP contribution in [-0.2, 0) is 0 Å². The molecule has 1 aliphatic heterocycles. The molecule has 1 heterocycles. The summed E-state index contributed by atoms with van der Waals surface area (Å²) in [5.74, 6) is 0.566. The van der Waals surface area contributed by atoms with Gasteiger partial charge >= 0.3 is 0 Å². The lowest BCUT2D eigenvalue weighted by Gasteiger charge is -2.22. The summed E-state index contributed by atoms with van der Waals surface area (Å²) < 4.78 is 10.4. The van der Waals surface area contributed by atoms with Gasteiger partial charge in [0.15, 0.2) is 0 Å². The molecule has 6 nitrogen and oxygen atoms in total. The van der Waals surface area contributed by atoms with Crippen molar-refractivity contribution in [2.75, 3.05) is 33.9 Å².